The number of aromatic nitrogens is 1. The molecule has 0 radical (unpaired) electrons. The molecular weight excluding hydrogens is 638 g/mol. The number of anilines is 1. The monoisotopic (exact) mass is 670 g/mol. The number of rotatable bonds is 6. The van der Waals surface area contributed by atoms with Crippen LogP contribution in [0.2, 0.25) is 0 Å². The molecule has 1 unspecified atom stereocenters. The number of carboxylic acids is 1. The van der Waals surface area contributed by atoms with Crippen LogP contribution in [-0.2, 0) is 34.8 Å². The maximum Gasteiger partial charge on any atom is 0.416 e. The van der Waals surface area contributed by atoms with Crippen LogP contribution in [0.5, 0.6) is 5.75 Å². The van der Waals surface area contributed by atoms with Crippen molar-refractivity contribution in [2.45, 2.75) is 64.7 Å². The summed E-state index contributed by atoms with van der Waals surface area (Å²) in [6, 6.07) is 8.76. The van der Waals surface area contributed by atoms with Crippen molar-refractivity contribution in [3.8, 4) is 16.9 Å². The van der Waals surface area contributed by atoms with E-state index in [1.807, 2.05) is 6.07 Å². The maximum absolute atomic E-state index is 13.7. The second-order valence-corrected chi connectivity index (χ2v) is 13.0. The molecule has 6 rings (SSSR count). The topological polar surface area (TPSA) is 71.9 Å². The van der Waals surface area contributed by atoms with Gasteiger partial charge in [-0.3, -0.25) is 4.98 Å². The standard InChI is InChI=1S/C36H32F6N2O4/c1-19-14-26-24(6-5-12-44(26)18-20-15-22(35(37,38)39)17-23(16-20)36(40,41)42)30(28(19)32(33(45)46)48-34(2,3)4)25-7-8-27-29-21(10-13-47-27)9-11-43-31(25)29/h5-9,11,14-17,32H,10,12-13,18H2,1-4H3,(H,45,46). The van der Waals surface area contributed by atoms with Gasteiger partial charge in [0.05, 0.1) is 28.9 Å². The second-order valence-electron chi connectivity index (χ2n) is 13.0. The van der Waals surface area contributed by atoms with E-state index in [0.717, 1.165) is 23.1 Å². The first kappa shape index (κ1) is 33.3. The molecule has 48 heavy (non-hydrogen) atoms. The Kier molecular flexibility index (Phi) is 8.22. The van der Waals surface area contributed by atoms with Crippen molar-refractivity contribution in [3.63, 3.8) is 0 Å². The number of pyridine rings is 1. The molecule has 3 heterocycles. The van der Waals surface area contributed by atoms with E-state index in [4.69, 9.17) is 14.5 Å². The minimum atomic E-state index is -4.99. The van der Waals surface area contributed by atoms with E-state index >= 15 is 0 Å². The van der Waals surface area contributed by atoms with Gasteiger partial charge in [-0.05, 0) is 92.4 Å². The van der Waals surface area contributed by atoms with Crippen molar-refractivity contribution in [1.29, 1.82) is 0 Å². The number of ether oxygens (including phenoxy) is 2. The number of aryl methyl sites for hydroxylation is 1. The van der Waals surface area contributed by atoms with Gasteiger partial charge in [0.25, 0.3) is 0 Å². The zero-order valence-electron chi connectivity index (χ0n) is 26.5. The number of benzene rings is 3. The van der Waals surface area contributed by atoms with E-state index in [0.29, 0.717) is 57.8 Å². The minimum absolute atomic E-state index is 0.109. The average molecular weight is 671 g/mol. The summed E-state index contributed by atoms with van der Waals surface area (Å²) in [5.41, 5.74) is 0.737. The number of halogens is 6. The Morgan fingerprint density at radius 1 is 1.02 bits per heavy atom. The molecule has 4 aromatic rings. The van der Waals surface area contributed by atoms with Crippen LogP contribution in [0.4, 0.5) is 32.0 Å². The quantitative estimate of drug-likeness (QED) is 0.206. The molecule has 1 N–H and O–H groups in total. The first-order valence-electron chi connectivity index (χ1n) is 15.2. The third-order valence-corrected chi connectivity index (χ3v) is 8.36. The fourth-order valence-corrected chi connectivity index (χ4v) is 6.46. The first-order valence-corrected chi connectivity index (χ1v) is 15.2. The Balaban J connectivity index is 1.60. The molecule has 1 aromatic heterocycles. The SMILES string of the molecule is Cc1cc2c(c(-c3ccc4c5c(ccnc35)CCO4)c1C(OC(C)(C)C)C(=O)O)C=CCN2Cc1cc(C(F)(F)F)cc(C(F)(F)F)c1. The third-order valence-electron chi connectivity index (χ3n) is 8.36. The highest BCUT2D eigenvalue weighted by Gasteiger charge is 2.38. The summed E-state index contributed by atoms with van der Waals surface area (Å²) in [6.45, 7) is 7.32. The number of aliphatic carboxylic acids is 1. The van der Waals surface area contributed by atoms with Crippen molar-refractivity contribution in [3.05, 3.63) is 93.7 Å². The lowest BCUT2D eigenvalue weighted by atomic mass is 9.84. The van der Waals surface area contributed by atoms with Crippen LogP contribution >= 0.6 is 0 Å². The van der Waals surface area contributed by atoms with E-state index in [1.165, 1.54) is 0 Å². The molecule has 12 heteroatoms. The average Bonchev–Trinajstić information content (AvgIpc) is 2.99. The third kappa shape index (κ3) is 6.33. The molecule has 2 aliphatic rings. The van der Waals surface area contributed by atoms with E-state index in [1.54, 1.807) is 69.1 Å². The Bertz CT molecular complexity index is 1920. The highest BCUT2D eigenvalue weighted by atomic mass is 19.4. The van der Waals surface area contributed by atoms with Crippen molar-refractivity contribution in [2.24, 2.45) is 0 Å². The number of hydrogen-bond acceptors (Lipinski definition) is 5. The molecule has 6 nitrogen and oxygen atoms in total. The Morgan fingerprint density at radius 2 is 1.71 bits per heavy atom. The summed E-state index contributed by atoms with van der Waals surface area (Å²) in [7, 11) is 0. The van der Waals surface area contributed by atoms with Gasteiger partial charge in [0.1, 0.15) is 5.75 Å². The van der Waals surface area contributed by atoms with Gasteiger partial charge in [-0.15, -0.1) is 0 Å². The second kappa shape index (κ2) is 11.8. The fraction of sp³-hybridized carbons (Fsp3) is 0.333. The lowest BCUT2D eigenvalue weighted by Gasteiger charge is -2.34. The Hall–Kier alpha value is -4.58. The highest BCUT2D eigenvalue weighted by Crippen LogP contribution is 2.48. The van der Waals surface area contributed by atoms with Gasteiger partial charge in [-0.1, -0.05) is 12.2 Å². The largest absolute Gasteiger partial charge is 0.493 e. The molecule has 2 aliphatic heterocycles. The Morgan fingerprint density at radius 3 is 2.33 bits per heavy atom. The predicted molar refractivity (Wildman–Crippen MR) is 169 cm³/mol. The molecule has 3 aromatic carbocycles. The lowest BCUT2D eigenvalue weighted by molar-refractivity contribution is -0.160. The van der Waals surface area contributed by atoms with Crippen LogP contribution in [0.15, 0.2) is 54.7 Å². The van der Waals surface area contributed by atoms with Crippen LogP contribution < -0.4 is 9.64 Å². The summed E-state index contributed by atoms with van der Waals surface area (Å²) in [5, 5.41) is 11.3. The zero-order valence-corrected chi connectivity index (χ0v) is 26.5. The molecule has 0 fully saturated rings. The number of hydrogen-bond donors (Lipinski definition) is 1. The smallest absolute Gasteiger partial charge is 0.416 e. The maximum atomic E-state index is 13.7. The van der Waals surface area contributed by atoms with Gasteiger partial charge < -0.3 is 19.5 Å². The van der Waals surface area contributed by atoms with Crippen molar-refractivity contribution < 1.29 is 45.7 Å². The van der Waals surface area contributed by atoms with Gasteiger partial charge in [0.15, 0.2) is 6.10 Å². The minimum Gasteiger partial charge on any atom is -0.493 e. The molecule has 0 spiro atoms. The normalized spacial score (nSPS) is 15.3. The summed E-state index contributed by atoms with van der Waals surface area (Å²) in [5.74, 6) is -0.595. The predicted octanol–water partition coefficient (Wildman–Crippen LogP) is 9.16. The molecule has 0 saturated carbocycles. The summed E-state index contributed by atoms with van der Waals surface area (Å²) in [4.78, 5) is 19.2. The number of alkyl halides is 6. The fourth-order valence-electron chi connectivity index (χ4n) is 6.46. The van der Waals surface area contributed by atoms with E-state index < -0.39 is 41.2 Å². The number of nitrogens with zero attached hydrogens (tertiary/aromatic N) is 2. The van der Waals surface area contributed by atoms with Gasteiger partial charge in [0, 0.05) is 53.5 Å². The van der Waals surface area contributed by atoms with E-state index in [9.17, 15) is 36.2 Å². The zero-order chi connectivity index (χ0) is 34.8. The van der Waals surface area contributed by atoms with Crippen LogP contribution in [0.3, 0.4) is 0 Å². The number of fused-ring (bicyclic) bond motifs is 1. The van der Waals surface area contributed by atoms with Crippen LogP contribution in [-0.4, -0.2) is 34.8 Å². The highest BCUT2D eigenvalue weighted by molar-refractivity contribution is 6.04. The van der Waals surface area contributed by atoms with Gasteiger partial charge in [-0.2, -0.15) is 26.3 Å². The number of carboxylic acid groups (broad SMARTS) is 1. The Labute approximate surface area is 272 Å². The van der Waals surface area contributed by atoms with E-state index in [2.05, 4.69) is 0 Å². The summed E-state index contributed by atoms with van der Waals surface area (Å²) in [6.07, 6.45) is -5.55. The molecular formula is C36H32F6N2O4. The van der Waals surface area contributed by atoms with Crippen molar-refractivity contribution in [2.75, 3.05) is 18.1 Å². The van der Waals surface area contributed by atoms with Crippen LogP contribution in [0.1, 0.15) is 65.8 Å². The van der Waals surface area contributed by atoms with Crippen LogP contribution in [0, 0.1) is 6.92 Å². The molecule has 1 atom stereocenters. The molecule has 0 aliphatic carbocycles. The summed E-state index contributed by atoms with van der Waals surface area (Å²) >= 11 is 0. The van der Waals surface area contributed by atoms with Crippen molar-refractivity contribution >= 4 is 28.6 Å². The van der Waals surface area contributed by atoms with Gasteiger partial charge in [-0.25, -0.2) is 4.79 Å². The molecule has 0 saturated heterocycles. The van der Waals surface area contributed by atoms with Gasteiger partial charge in [0.2, 0.25) is 0 Å². The first-order chi connectivity index (χ1) is 22.4. The molecule has 0 bridgehead atoms. The lowest BCUT2D eigenvalue weighted by Crippen LogP contribution is -2.30. The van der Waals surface area contributed by atoms with E-state index in [-0.39, 0.29) is 24.7 Å². The molecule has 252 valence electrons. The van der Waals surface area contributed by atoms with Crippen molar-refractivity contribution in [1.82, 2.24) is 4.98 Å². The molecule has 0 amide bonds. The number of carbonyl (C=O) groups is 1. The van der Waals surface area contributed by atoms with Crippen LogP contribution in [0.25, 0.3) is 28.1 Å². The van der Waals surface area contributed by atoms with Gasteiger partial charge >= 0.3 is 18.3 Å². The summed E-state index contributed by atoms with van der Waals surface area (Å²) < 4.78 is 94.2.